The van der Waals surface area contributed by atoms with E-state index in [1.807, 2.05) is 0 Å². The van der Waals surface area contributed by atoms with E-state index in [-0.39, 0.29) is 11.5 Å². The van der Waals surface area contributed by atoms with Crippen LogP contribution < -0.4 is 9.80 Å². The first-order valence-corrected chi connectivity index (χ1v) is 13.4. The molecular weight excluding hydrogens is 450 g/mol. The van der Waals surface area contributed by atoms with Gasteiger partial charge in [0.1, 0.15) is 5.84 Å². The fraction of sp³-hybridized carbons (Fsp3) is 0.265. The van der Waals surface area contributed by atoms with Crippen LogP contribution in [0.1, 0.15) is 62.9 Å². The van der Waals surface area contributed by atoms with E-state index in [4.69, 9.17) is 4.99 Å². The van der Waals surface area contributed by atoms with Gasteiger partial charge in [-0.15, -0.1) is 0 Å². The molecule has 3 heteroatoms. The number of hydrogen-bond donors (Lipinski definition) is 0. The third-order valence-electron chi connectivity index (χ3n) is 7.32. The Hall–Kier alpha value is -3.85. The van der Waals surface area contributed by atoms with Crippen molar-refractivity contribution in [1.29, 1.82) is 0 Å². The molecule has 1 aliphatic heterocycles. The van der Waals surface area contributed by atoms with Crippen LogP contribution >= 0.6 is 0 Å². The van der Waals surface area contributed by atoms with Gasteiger partial charge in [0.2, 0.25) is 0 Å². The summed E-state index contributed by atoms with van der Waals surface area (Å²) in [4.78, 5) is 10.0. The summed E-state index contributed by atoms with van der Waals surface area (Å²) >= 11 is 0. The molecule has 0 spiro atoms. The molecule has 0 bridgehead atoms. The molecule has 0 saturated heterocycles. The fourth-order valence-electron chi connectivity index (χ4n) is 5.22. The van der Waals surface area contributed by atoms with Gasteiger partial charge in [0.05, 0.1) is 11.7 Å². The number of amidine groups is 1. The molecular formula is C34H37N3. The Balaban J connectivity index is 1.68. The predicted molar refractivity (Wildman–Crippen MR) is 159 cm³/mol. The lowest BCUT2D eigenvalue weighted by Crippen LogP contribution is -2.38. The van der Waals surface area contributed by atoms with Gasteiger partial charge in [-0.3, -0.25) is 0 Å². The first-order chi connectivity index (χ1) is 17.9. The van der Waals surface area contributed by atoms with Crippen LogP contribution in [-0.2, 0) is 5.41 Å². The van der Waals surface area contributed by atoms with Crippen LogP contribution in [0.25, 0.3) is 0 Å². The molecule has 0 saturated carbocycles. The molecule has 0 aromatic heterocycles. The van der Waals surface area contributed by atoms with Crippen molar-refractivity contribution >= 4 is 22.9 Å². The standard InChI is InChI=1S/C34H37N3/c1-6-36(7-2)28-23-19-25(20-24-28)32-30-15-11-12-16-31(30)35-33(37(32)29-13-9-8-10-14-29)26-17-21-27(22-18-26)34(3,4)5/h8-24,32H,6-7H2,1-5H3. The van der Waals surface area contributed by atoms with Gasteiger partial charge in [-0.25, -0.2) is 4.99 Å². The maximum Gasteiger partial charge on any atom is 0.141 e. The number of para-hydroxylation sites is 2. The van der Waals surface area contributed by atoms with E-state index in [9.17, 15) is 0 Å². The zero-order valence-corrected chi connectivity index (χ0v) is 22.6. The van der Waals surface area contributed by atoms with Gasteiger partial charge in [-0.2, -0.15) is 0 Å². The maximum absolute atomic E-state index is 5.25. The molecule has 4 aromatic rings. The van der Waals surface area contributed by atoms with Gasteiger partial charge >= 0.3 is 0 Å². The molecule has 1 atom stereocenters. The number of benzene rings is 4. The molecule has 0 amide bonds. The highest BCUT2D eigenvalue weighted by Crippen LogP contribution is 2.43. The molecule has 37 heavy (non-hydrogen) atoms. The molecule has 1 heterocycles. The molecule has 1 unspecified atom stereocenters. The van der Waals surface area contributed by atoms with Crippen molar-refractivity contribution in [3.05, 3.63) is 125 Å². The van der Waals surface area contributed by atoms with Crippen LogP contribution in [0, 0.1) is 0 Å². The second-order valence-electron chi connectivity index (χ2n) is 10.7. The molecule has 0 N–H and O–H groups in total. The van der Waals surface area contributed by atoms with Crippen LogP contribution in [0.5, 0.6) is 0 Å². The Bertz CT molecular complexity index is 1360. The Morgan fingerprint density at radius 2 is 1.35 bits per heavy atom. The van der Waals surface area contributed by atoms with E-state index in [0.29, 0.717) is 0 Å². The minimum Gasteiger partial charge on any atom is -0.372 e. The number of nitrogens with zero attached hydrogens (tertiary/aromatic N) is 3. The zero-order valence-electron chi connectivity index (χ0n) is 22.6. The van der Waals surface area contributed by atoms with Crippen molar-refractivity contribution in [3.8, 4) is 0 Å². The summed E-state index contributed by atoms with van der Waals surface area (Å²) in [7, 11) is 0. The van der Waals surface area contributed by atoms with E-state index in [1.54, 1.807) is 0 Å². The van der Waals surface area contributed by atoms with E-state index >= 15 is 0 Å². The highest BCUT2D eigenvalue weighted by molar-refractivity contribution is 6.13. The van der Waals surface area contributed by atoms with Gasteiger partial charge in [-0.05, 0) is 60.7 Å². The number of aliphatic imine (C=N–C) groups is 1. The SMILES string of the molecule is CCN(CC)c1ccc(C2c3ccccc3N=C(c3ccc(C(C)(C)C)cc3)N2c2ccccc2)cc1. The van der Waals surface area contributed by atoms with Crippen LogP contribution in [0.4, 0.5) is 17.1 Å². The lowest BCUT2D eigenvalue weighted by atomic mass is 9.86. The smallest absolute Gasteiger partial charge is 0.141 e. The third-order valence-corrected chi connectivity index (χ3v) is 7.32. The van der Waals surface area contributed by atoms with Crippen LogP contribution in [0.15, 0.2) is 108 Å². The highest BCUT2D eigenvalue weighted by atomic mass is 15.2. The number of fused-ring (bicyclic) bond motifs is 1. The topological polar surface area (TPSA) is 18.8 Å². The van der Waals surface area contributed by atoms with E-state index in [0.717, 1.165) is 35.9 Å². The van der Waals surface area contributed by atoms with Crippen LogP contribution in [-0.4, -0.2) is 18.9 Å². The molecule has 188 valence electrons. The van der Waals surface area contributed by atoms with Crippen LogP contribution in [0.3, 0.4) is 0 Å². The molecule has 3 nitrogen and oxygen atoms in total. The van der Waals surface area contributed by atoms with E-state index < -0.39 is 0 Å². The van der Waals surface area contributed by atoms with Gasteiger partial charge in [-0.1, -0.05) is 93.6 Å². The summed E-state index contributed by atoms with van der Waals surface area (Å²) < 4.78 is 0. The number of hydrogen-bond acceptors (Lipinski definition) is 3. The number of rotatable bonds is 6. The largest absolute Gasteiger partial charge is 0.372 e. The van der Waals surface area contributed by atoms with Gasteiger partial charge < -0.3 is 9.80 Å². The average Bonchev–Trinajstić information content (AvgIpc) is 2.93. The molecule has 1 aliphatic rings. The summed E-state index contributed by atoms with van der Waals surface area (Å²) in [5, 5.41) is 0. The van der Waals surface area contributed by atoms with Crippen molar-refractivity contribution in [2.45, 2.75) is 46.1 Å². The van der Waals surface area contributed by atoms with Crippen molar-refractivity contribution in [2.75, 3.05) is 22.9 Å². The Kier molecular flexibility index (Phi) is 6.88. The van der Waals surface area contributed by atoms with E-state index in [1.165, 1.54) is 22.4 Å². The zero-order chi connectivity index (χ0) is 26.0. The minimum absolute atomic E-state index is 0.0131. The van der Waals surface area contributed by atoms with Crippen molar-refractivity contribution in [2.24, 2.45) is 4.99 Å². The second kappa shape index (κ2) is 10.3. The first kappa shape index (κ1) is 24.8. The van der Waals surface area contributed by atoms with Crippen molar-refractivity contribution in [3.63, 3.8) is 0 Å². The lowest BCUT2D eigenvalue weighted by Gasteiger charge is -2.39. The van der Waals surface area contributed by atoms with Gasteiger partial charge in [0, 0.05) is 35.6 Å². The van der Waals surface area contributed by atoms with Crippen LogP contribution in [0.2, 0.25) is 0 Å². The van der Waals surface area contributed by atoms with Crippen molar-refractivity contribution < 1.29 is 0 Å². The summed E-state index contributed by atoms with van der Waals surface area (Å²) in [6, 6.07) is 37.3. The molecule has 0 fully saturated rings. The Morgan fingerprint density at radius 1 is 0.730 bits per heavy atom. The molecule has 5 rings (SSSR count). The van der Waals surface area contributed by atoms with E-state index in [2.05, 4.69) is 148 Å². The minimum atomic E-state index is 0.0131. The number of anilines is 2. The quantitative estimate of drug-likeness (QED) is 0.271. The monoisotopic (exact) mass is 487 g/mol. The predicted octanol–water partition coefficient (Wildman–Crippen LogP) is 8.52. The first-order valence-electron chi connectivity index (χ1n) is 13.4. The summed E-state index contributed by atoms with van der Waals surface area (Å²) in [6.07, 6.45) is 0. The fourth-order valence-corrected chi connectivity index (χ4v) is 5.22. The van der Waals surface area contributed by atoms with Crippen molar-refractivity contribution in [1.82, 2.24) is 0 Å². The molecule has 0 radical (unpaired) electrons. The molecule has 0 aliphatic carbocycles. The summed E-state index contributed by atoms with van der Waals surface area (Å²) in [5.41, 5.74) is 8.45. The average molecular weight is 488 g/mol. The Morgan fingerprint density at radius 3 is 1.97 bits per heavy atom. The van der Waals surface area contributed by atoms with Gasteiger partial charge in [0.25, 0.3) is 0 Å². The second-order valence-corrected chi connectivity index (χ2v) is 10.7. The maximum atomic E-state index is 5.25. The molecule has 4 aromatic carbocycles. The summed E-state index contributed by atoms with van der Waals surface area (Å²) in [6.45, 7) is 13.2. The lowest BCUT2D eigenvalue weighted by molar-refractivity contribution is 0.590. The highest BCUT2D eigenvalue weighted by Gasteiger charge is 2.33. The summed E-state index contributed by atoms with van der Waals surface area (Å²) in [5.74, 6) is 0.975. The van der Waals surface area contributed by atoms with Gasteiger partial charge in [0.15, 0.2) is 0 Å². The Labute approximate surface area is 222 Å². The normalized spacial score (nSPS) is 15.2. The third kappa shape index (κ3) is 4.91.